The van der Waals surface area contributed by atoms with Crippen molar-refractivity contribution in [3.05, 3.63) is 0 Å². The van der Waals surface area contributed by atoms with Crippen LogP contribution in [0.4, 0.5) is 0 Å². The maximum atomic E-state index is 10.8. The second-order valence-corrected chi connectivity index (χ2v) is 3.35. The van der Waals surface area contributed by atoms with Gasteiger partial charge in [-0.2, -0.15) is 11.8 Å². The van der Waals surface area contributed by atoms with E-state index < -0.39 is 6.04 Å². The number of ether oxygens (including phenoxy) is 2. The fraction of sp³-hybridized carbons (Fsp3) is 0.857. The van der Waals surface area contributed by atoms with Gasteiger partial charge in [0.05, 0.1) is 13.7 Å². The maximum Gasteiger partial charge on any atom is 0.323 e. The van der Waals surface area contributed by atoms with Crippen LogP contribution < -0.4 is 5.73 Å². The summed E-state index contributed by atoms with van der Waals surface area (Å²) in [7, 11) is 2.98. The summed E-state index contributed by atoms with van der Waals surface area (Å²) in [5.74, 6) is 1.07. The number of carbonyl (C=O) groups is 1. The van der Waals surface area contributed by atoms with Crippen LogP contribution >= 0.6 is 11.8 Å². The van der Waals surface area contributed by atoms with E-state index in [9.17, 15) is 4.79 Å². The first kappa shape index (κ1) is 11.7. The van der Waals surface area contributed by atoms with Crippen molar-refractivity contribution in [1.29, 1.82) is 0 Å². The number of hydrogen-bond donors (Lipinski definition) is 1. The Kier molecular flexibility index (Phi) is 7.23. The molecule has 72 valence electrons. The lowest BCUT2D eigenvalue weighted by molar-refractivity contribution is -0.141. The van der Waals surface area contributed by atoms with Crippen molar-refractivity contribution in [2.75, 3.05) is 32.3 Å². The van der Waals surface area contributed by atoms with Crippen molar-refractivity contribution in [3.63, 3.8) is 0 Å². The van der Waals surface area contributed by atoms with E-state index in [-0.39, 0.29) is 5.97 Å². The molecule has 4 nitrogen and oxygen atoms in total. The van der Waals surface area contributed by atoms with Crippen molar-refractivity contribution in [3.8, 4) is 0 Å². The van der Waals surface area contributed by atoms with Gasteiger partial charge in [0.15, 0.2) is 0 Å². The van der Waals surface area contributed by atoms with Gasteiger partial charge in [0, 0.05) is 18.6 Å². The molecule has 0 spiro atoms. The Labute approximate surface area is 76.8 Å². The first-order valence-electron chi connectivity index (χ1n) is 3.62. The van der Waals surface area contributed by atoms with Crippen LogP contribution in [-0.4, -0.2) is 44.3 Å². The van der Waals surface area contributed by atoms with Crippen LogP contribution in [0, 0.1) is 0 Å². The highest BCUT2D eigenvalue weighted by Crippen LogP contribution is 2.01. The van der Waals surface area contributed by atoms with Gasteiger partial charge in [-0.05, 0) is 0 Å². The normalized spacial score (nSPS) is 12.6. The second kappa shape index (κ2) is 7.39. The molecular weight excluding hydrogens is 178 g/mol. The van der Waals surface area contributed by atoms with E-state index in [0.29, 0.717) is 12.4 Å². The van der Waals surface area contributed by atoms with Crippen LogP contribution in [0.2, 0.25) is 0 Å². The summed E-state index contributed by atoms with van der Waals surface area (Å²) in [5, 5.41) is 0. The Morgan fingerprint density at radius 3 is 2.75 bits per heavy atom. The third-order valence-electron chi connectivity index (χ3n) is 1.23. The Bertz CT molecular complexity index is 132. The first-order valence-corrected chi connectivity index (χ1v) is 4.78. The fourth-order valence-electron chi connectivity index (χ4n) is 0.572. The van der Waals surface area contributed by atoms with Crippen molar-refractivity contribution in [2.24, 2.45) is 5.73 Å². The van der Waals surface area contributed by atoms with Crippen LogP contribution in [0.15, 0.2) is 0 Å². The zero-order chi connectivity index (χ0) is 9.40. The van der Waals surface area contributed by atoms with Crippen LogP contribution in [0.1, 0.15) is 0 Å². The van der Waals surface area contributed by atoms with Crippen molar-refractivity contribution in [2.45, 2.75) is 6.04 Å². The molecule has 0 bridgehead atoms. The van der Waals surface area contributed by atoms with Gasteiger partial charge in [0.25, 0.3) is 0 Å². The van der Waals surface area contributed by atoms with Crippen LogP contribution in [-0.2, 0) is 14.3 Å². The van der Waals surface area contributed by atoms with E-state index in [0.717, 1.165) is 5.75 Å². The third-order valence-corrected chi connectivity index (χ3v) is 2.28. The van der Waals surface area contributed by atoms with Gasteiger partial charge in [-0.1, -0.05) is 0 Å². The van der Waals surface area contributed by atoms with Gasteiger partial charge in [-0.15, -0.1) is 0 Å². The van der Waals surface area contributed by atoms with Gasteiger partial charge in [-0.3, -0.25) is 4.79 Å². The number of carbonyl (C=O) groups excluding carboxylic acids is 1. The van der Waals surface area contributed by atoms with E-state index in [1.165, 1.54) is 7.11 Å². The molecule has 5 heteroatoms. The van der Waals surface area contributed by atoms with Gasteiger partial charge < -0.3 is 15.2 Å². The minimum atomic E-state index is -0.517. The number of nitrogens with two attached hydrogens (primary N) is 1. The lowest BCUT2D eigenvalue weighted by Crippen LogP contribution is -2.34. The van der Waals surface area contributed by atoms with Gasteiger partial charge >= 0.3 is 5.97 Å². The Morgan fingerprint density at radius 2 is 2.25 bits per heavy atom. The predicted octanol–water partition coefficient (Wildman–Crippen LogP) is -0.134. The molecule has 2 N–H and O–H groups in total. The SMILES string of the molecule is COCCSCC(N)C(=O)OC. The molecule has 0 aliphatic rings. The lowest BCUT2D eigenvalue weighted by Gasteiger charge is -2.07. The Hall–Kier alpha value is -0.260. The monoisotopic (exact) mass is 193 g/mol. The Morgan fingerprint density at radius 1 is 1.58 bits per heavy atom. The van der Waals surface area contributed by atoms with Crippen molar-refractivity contribution < 1.29 is 14.3 Å². The standard InChI is InChI=1S/C7H15NO3S/c1-10-3-4-12-5-6(8)7(9)11-2/h6H,3-5,8H2,1-2H3. The number of esters is 1. The van der Waals surface area contributed by atoms with E-state index in [1.54, 1.807) is 18.9 Å². The highest BCUT2D eigenvalue weighted by Gasteiger charge is 2.12. The summed E-state index contributed by atoms with van der Waals surface area (Å²) >= 11 is 1.58. The zero-order valence-electron chi connectivity index (χ0n) is 7.41. The van der Waals surface area contributed by atoms with Gasteiger partial charge in [0.2, 0.25) is 0 Å². The molecule has 0 rings (SSSR count). The van der Waals surface area contributed by atoms with Crippen LogP contribution in [0.3, 0.4) is 0 Å². The average molecular weight is 193 g/mol. The molecule has 0 aromatic heterocycles. The molecule has 0 fully saturated rings. The molecule has 0 heterocycles. The molecule has 0 saturated heterocycles. The van der Waals surface area contributed by atoms with Gasteiger partial charge in [0.1, 0.15) is 6.04 Å². The maximum absolute atomic E-state index is 10.8. The molecule has 1 unspecified atom stereocenters. The number of thioether (sulfide) groups is 1. The molecule has 0 amide bonds. The minimum Gasteiger partial charge on any atom is -0.468 e. The molecule has 0 radical (unpaired) electrons. The van der Waals surface area contributed by atoms with E-state index in [2.05, 4.69) is 4.74 Å². The second-order valence-electron chi connectivity index (χ2n) is 2.20. The highest BCUT2D eigenvalue weighted by molar-refractivity contribution is 7.99. The molecular formula is C7H15NO3S. The smallest absolute Gasteiger partial charge is 0.323 e. The minimum absolute atomic E-state index is 0.361. The number of methoxy groups -OCH3 is 2. The average Bonchev–Trinajstić information content (AvgIpc) is 2.10. The van der Waals surface area contributed by atoms with Crippen LogP contribution in [0.5, 0.6) is 0 Å². The molecule has 1 atom stereocenters. The topological polar surface area (TPSA) is 61.5 Å². The van der Waals surface area contributed by atoms with Crippen molar-refractivity contribution in [1.82, 2.24) is 0 Å². The summed E-state index contributed by atoms with van der Waals surface area (Å²) in [6.45, 7) is 0.679. The summed E-state index contributed by atoms with van der Waals surface area (Å²) in [6.07, 6.45) is 0. The summed E-state index contributed by atoms with van der Waals surface area (Å²) in [5.41, 5.74) is 5.47. The summed E-state index contributed by atoms with van der Waals surface area (Å²) < 4.78 is 9.29. The molecule has 0 saturated carbocycles. The molecule has 12 heavy (non-hydrogen) atoms. The largest absolute Gasteiger partial charge is 0.468 e. The summed E-state index contributed by atoms with van der Waals surface area (Å²) in [6, 6.07) is -0.517. The summed E-state index contributed by atoms with van der Waals surface area (Å²) in [4.78, 5) is 10.8. The first-order chi connectivity index (χ1) is 5.72. The molecule has 0 aromatic carbocycles. The predicted molar refractivity (Wildman–Crippen MR) is 49.2 cm³/mol. The van der Waals surface area contributed by atoms with Crippen LogP contribution in [0.25, 0.3) is 0 Å². The van der Waals surface area contributed by atoms with Gasteiger partial charge in [-0.25, -0.2) is 0 Å². The molecule has 0 aliphatic heterocycles. The van der Waals surface area contributed by atoms with E-state index in [1.807, 2.05) is 0 Å². The lowest BCUT2D eigenvalue weighted by atomic mass is 10.4. The fourth-order valence-corrected chi connectivity index (χ4v) is 1.41. The number of rotatable bonds is 6. The third kappa shape index (κ3) is 5.40. The zero-order valence-corrected chi connectivity index (χ0v) is 8.23. The number of hydrogen-bond acceptors (Lipinski definition) is 5. The van der Waals surface area contributed by atoms with E-state index >= 15 is 0 Å². The van der Waals surface area contributed by atoms with Crippen molar-refractivity contribution >= 4 is 17.7 Å². The Balaban J connectivity index is 3.31. The molecule has 0 aliphatic carbocycles. The highest BCUT2D eigenvalue weighted by atomic mass is 32.2. The molecule has 0 aromatic rings. The van der Waals surface area contributed by atoms with E-state index in [4.69, 9.17) is 10.5 Å². The quantitative estimate of drug-likeness (QED) is 0.470.